The predicted molar refractivity (Wildman–Crippen MR) is 102 cm³/mol. The van der Waals surface area contributed by atoms with Crippen LogP contribution in [0, 0.1) is 24.2 Å². The molecule has 0 unspecified atom stereocenters. The number of rotatable bonds is 9. The average Bonchev–Trinajstić information content (AvgIpc) is 3.12. The number of terminal acetylenes is 1. The fourth-order valence-corrected chi connectivity index (χ4v) is 3.49. The first-order valence-corrected chi connectivity index (χ1v) is 9.56. The molecule has 0 saturated carbocycles. The highest BCUT2D eigenvalue weighted by molar-refractivity contribution is 7.09. The van der Waals surface area contributed by atoms with Crippen molar-refractivity contribution < 1.29 is 19.4 Å². The van der Waals surface area contributed by atoms with Crippen molar-refractivity contribution in [3.05, 3.63) is 16.1 Å². The molecule has 0 radical (unpaired) electrons. The Labute approximate surface area is 159 Å². The van der Waals surface area contributed by atoms with E-state index in [0.29, 0.717) is 17.8 Å². The Balaban J connectivity index is 2.83. The third kappa shape index (κ3) is 5.82. The molecule has 3 atom stereocenters. The number of aromatic nitrogens is 1. The molecule has 1 N–H and O–H groups in total. The van der Waals surface area contributed by atoms with Gasteiger partial charge in [-0.2, -0.15) is 0 Å². The zero-order valence-corrected chi connectivity index (χ0v) is 16.9. The van der Waals surface area contributed by atoms with E-state index >= 15 is 0 Å². The van der Waals surface area contributed by atoms with Crippen molar-refractivity contribution in [2.24, 2.45) is 11.8 Å². The van der Waals surface area contributed by atoms with Gasteiger partial charge in [0.1, 0.15) is 11.1 Å². The van der Waals surface area contributed by atoms with E-state index in [-0.39, 0.29) is 29.5 Å². The van der Waals surface area contributed by atoms with Gasteiger partial charge in [0.15, 0.2) is 5.69 Å². The first kappa shape index (κ1) is 22.1. The van der Waals surface area contributed by atoms with E-state index < -0.39 is 12.1 Å². The van der Waals surface area contributed by atoms with Crippen LogP contribution in [0.25, 0.3) is 0 Å². The molecule has 0 spiro atoms. The number of hydrogen-bond donors (Lipinski definition) is 1. The van der Waals surface area contributed by atoms with Gasteiger partial charge >= 0.3 is 5.97 Å². The van der Waals surface area contributed by atoms with Gasteiger partial charge in [0, 0.05) is 37.2 Å². The minimum absolute atomic E-state index is 0.0323. The van der Waals surface area contributed by atoms with E-state index in [4.69, 9.17) is 6.42 Å². The lowest BCUT2D eigenvalue weighted by atomic mass is 9.95. The molecule has 0 aliphatic rings. The van der Waals surface area contributed by atoms with Crippen molar-refractivity contribution in [2.75, 3.05) is 14.2 Å². The van der Waals surface area contributed by atoms with Gasteiger partial charge in [-0.1, -0.05) is 20.8 Å². The number of aliphatic hydroxyl groups is 1. The molecule has 0 aliphatic carbocycles. The molecular weight excluding hydrogens is 352 g/mol. The number of carbonyl (C=O) groups is 2. The second-order valence-electron chi connectivity index (χ2n) is 6.61. The van der Waals surface area contributed by atoms with Gasteiger partial charge in [-0.15, -0.1) is 23.7 Å². The number of methoxy groups -OCH3 is 1. The summed E-state index contributed by atoms with van der Waals surface area (Å²) in [6.45, 7) is 5.96. The summed E-state index contributed by atoms with van der Waals surface area (Å²) in [6, 6.07) is -0.168. The van der Waals surface area contributed by atoms with Crippen LogP contribution in [0.5, 0.6) is 0 Å². The predicted octanol–water partition coefficient (Wildman–Crippen LogP) is 2.89. The number of carbonyl (C=O) groups excluding carboxylic acids is 2. The second-order valence-corrected chi connectivity index (χ2v) is 7.50. The van der Waals surface area contributed by atoms with E-state index in [2.05, 4.69) is 15.6 Å². The highest BCUT2D eigenvalue weighted by Crippen LogP contribution is 2.27. The van der Waals surface area contributed by atoms with Gasteiger partial charge < -0.3 is 14.7 Å². The lowest BCUT2D eigenvalue weighted by molar-refractivity contribution is -0.134. The molecular formula is C19H28N2O4S. The molecule has 0 fully saturated rings. The molecule has 1 aromatic heterocycles. The summed E-state index contributed by atoms with van der Waals surface area (Å²) in [4.78, 5) is 29.9. The minimum Gasteiger partial charge on any atom is -0.464 e. The van der Waals surface area contributed by atoms with Crippen LogP contribution in [0.15, 0.2) is 5.38 Å². The maximum atomic E-state index is 12.5. The molecule has 0 bridgehead atoms. The number of nitrogens with zero attached hydrogens (tertiary/aromatic N) is 2. The molecule has 7 heteroatoms. The lowest BCUT2D eigenvalue weighted by Gasteiger charge is -2.33. The summed E-state index contributed by atoms with van der Waals surface area (Å²) in [7, 11) is 3.03. The summed E-state index contributed by atoms with van der Waals surface area (Å²) in [5.41, 5.74) is 0.178. The Morgan fingerprint density at radius 1 is 1.46 bits per heavy atom. The summed E-state index contributed by atoms with van der Waals surface area (Å²) >= 11 is 1.20. The highest BCUT2D eigenvalue weighted by atomic mass is 32.1. The topological polar surface area (TPSA) is 79.7 Å². The van der Waals surface area contributed by atoms with Crippen LogP contribution in [0.3, 0.4) is 0 Å². The Morgan fingerprint density at radius 3 is 2.62 bits per heavy atom. The van der Waals surface area contributed by atoms with Crippen LogP contribution < -0.4 is 0 Å². The fourth-order valence-electron chi connectivity index (χ4n) is 2.71. The van der Waals surface area contributed by atoms with Crippen molar-refractivity contribution >= 4 is 23.2 Å². The number of esters is 1. The fraction of sp³-hybridized carbons (Fsp3) is 0.632. The molecule has 1 rings (SSSR count). The Kier molecular flexibility index (Phi) is 8.76. The Morgan fingerprint density at radius 2 is 2.12 bits per heavy atom. The molecule has 144 valence electrons. The van der Waals surface area contributed by atoms with Gasteiger partial charge in [-0.3, -0.25) is 4.79 Å². The van der Waals surface area contributed by atoms with E-state index in [1.54, 1.807) is 17.3 Å². The summed E-state index contributed by atoms with van der Waals surface area (Å²) in [5, 5.41) is 12.5. The largest absolute Gasteiger partial charge is 0.464 e. The second kappa shape index (κ2) is 10.3. The Hall–Kier alpha value is -1.91. The summed E-state index contributed by atoms with van der Waals surface area (Å²) in [6.07, 6.45) is 5.97. The van der Waals surface area contributed by atoms with Crippen LogP contribution in [0.1, 0.15) is 61.6 Å². The number of amides is 1. The van der Waals surface area contributed by atoms with Gasteiger partial charge in [0.2, 0.25) is 5.91 Å². The average molecular weight is 381 g/mol. The normalized spacial score (nSPS) is 14.4. The van der Waals surface area contributed by atoms with Crippen LogP contribution in [0.4, 0.5) is 0 Å². The first-order chi connectivity index (χ1) is 12.2. The molecule has 26 heavy (non-hydrogen) atoms. The number of aliphatic hydroxyl groups excluding tert-OH is 1. The van der Waals surface area contributed by atoms with E-state index in [1.165, 1.54) is 18.4 Å². The lowest BCUT2D eigenvalue weighted by Crippen LogP contribution is -2.42. The zero-order chi connectivity index (χ0) is 19.9. The van der Waals surface area contributed by atoms with Crippen molar-refractivity contribution in [2.45, 2.75) is 52.2 Å². The maximum absolute atomic E-state index is 12.5. The molecule has 0 aromatic carbocycles. The van der Waals surface area contributed by atoms with Crippen molar-refractivity contribution in [1.29, 1.82) is 0 Å². The standard InChI is InChI=1S/C19H28N2O4S/c1-7-13(8-2)9-17(23)21(5)15(12(3)4)10-16(22)18-20-14(11-26-18)19(24)25-6/h1,11-13,15-16,22H,8-10H2,2-6H3/t13-,15+,16+/m0/s1. The monoisotopic (exact) mass is 380 g/mol. The minimum atomic E-state index is -0.865. The van der Waals surface area contributed by atoms with E-state index in [1.807, 2.05) is 20.8 Å². The zero-order valence-electron chi connectivity index (χ0n) is 16.1. The number of ether oxygens (including phenoxy) is 1. The van der Waals surface area contributed by atoms with Crippen molar-refractivity contribution in [3.8, 4) is 12.3 Å². The third-order valence-electron chi connectivity index (χ3n) is 4.48. The Bertz CT molecular complexity index is 650. The van der Waals surface area contributed by atoms with Crippen LogP contribution >= 0.6 is 11.3 Å². The van der Waals surface area contributed by atoms with Crippen LogP contribution in [0.2, 0.25) is 0 Å². The molecule has 1 amide bonds. The SMILES string of the molecule is C#C[C@@H](CC)CC(=O)N(C)[C@H](C[C@@H](O)c1nc(C(=O)OC)cs1)C(C)C. The first-order valence-electron chi connectivity index (χ1n) is 8.68. The van der Waals surface area contributed by atoms with Gasteiger partial charge in [-0.25, -0.2) is 9.78 Å². The summed E-state index contributed by atoms with van der Waals surface area (Å²) < 4.78 is 4.63. The maximum Gasteiger partial charge on any atom is 0.357 e. The van der Waals surface area contributed by atoms with Gasteiger partial charge in [0.05, 0.1) is 7.11 Å². The molecule has 1 heterocycles. The highest BCUT2D eigenvalue weighted by Gasteiger charge is 2.28. The van der Waals surface area contributed by atoms with Crippen molar-refractivity contribution in [3.63, 3.8) is 0 Å². The molecule has 0 saturated heterocycles. The number of thiazole rings is 1. The van der Waals surface area contributed by atoms with Crippen LogP contribution in [-0.2, 0) is 9.53 Å². The van der Waals surface area contributed by atoms with Gasteiger partial charge in [-0.05, 0) is 12.3 Å². The van der Waals surface area contributed by atoms with Crippen molar-refractivity contribution in [1.82, 2.24) is 9.88 Å². The molecule has 0 aliphatic heterocycles. The molecule has 6 nitrogen and oxygen atoms in total. The molecule has 1 aromatic rings. The summed E-state index contributed by atoms with van der Waals surface area (Å²) in [5.74, 6) is 2.14. The smallest absolute Gasteiger partial charge is 0.357 e. The van der Waals surface area contributed by atoms with Gasteiger partial charge in [0.25, 0.3) is 0 Å². The van der Waals surface area contributed by atoms with Crippen LogP contribution in [-0.4, -0.2) is 47.1 Å². The number of hydrogen-bond acceptors (Lipinski definition) is 6. The van der Waals surface area contributed by atoms with E-state index in [0.717, 1.165) is 6.42 Å². The quantitative estimate of drug-likeness (QED) is 0.526. The third-order valence-corrected chi connectivity index (χ3v) is 5.42. The van der Waals surface area contributed by atoms with E-state index in [9.17, 15) is 14.7 Å².